The van der Waals surface area contributed by atoms with Crippen LogP contribution in [0.2, 0.25) is 0 Å². The van der Waals surface area contributed by atoms with Gasteiger partial charge >= 0.3 is 6.03 Å². The van der Waals surface area contributed by atoms with Gasteiger partial charge in [0, 0.05) is 24.5 Å². The Morgan fingerprint density at radius 2 is 1.86 bits per heavy atom. The number of nitrogens with zero attached hydrogens (tertiary/aromatic N) is 2. The molecule has 0 saturated carbocycles. The lowest BCUT2D eigenvalue weighted by Gasteiger charge is -2.11. The molecule has 5 nitrogen and oxygen atoms in total. The Morgan fingerprint density at radius 3 is 2.64 bits per heavy atom. The fourth-order valence-electron chi connectivity index (χ4n) is 3.05. The lowest BCUT2D eigenvalue weighted by Crippen LogP contribution is -2.28. The Hall–Kier alpha value is -3.67. The summed E-state index contributed by atoms with van der Waals surface area (Å²) in [5.74, 6) is -0.301. The number of carbonyl (C=O) groups is 1. The number of fused-ring (bicyclic) bond motifs is 1. The third kappa shape index (κ3) is 3.71. The van der Waals surface area contributed by atoms with Crippen LogP contribution >= 0.6 is 0 Å². The van der Waals surface area contributed by atoms with Crippen LogP contribution in [0, 0.1) is 12.7 Å². The molecule has 0 aliphatic heterocycles. The number of carbonyl (C=O) groups excluding carboxylic acids is 1. The van der Waals surface area contributed by atoms with E-state index >= 15 is 0 Å². The van der Waals surface area contributed by atoms with Gasteiger partial charge in [0.1, 0.15) is 11.5 Å². The number of hydrogen-bond donors (Lipinski definition) is 2. The number of amides is 2. The average molecular weight is 374 g/mol. The van der Waals surface area contributed by atoms with Gasteiger partial charge in [-0.2, -0.15) is 0 Å². The number of rotatable bonds is 4. The van der Waals surface area contributed by atoms with Crippen LogP contribution in [0.15, 0.2) is 73.1 Å². The number of benzene rings is 2. The van der Waals surface area contributed by atoms with Crippen LogP contribution in [-0.2, 0) is 6.54 Å². The van der Waals surface area contributed by atoms with Crippen molar-refractivity contribution >= 4 is 17.4 Å². The van der Waals surface area contributed by atoms with E-state index in [2.05, 4.69) is 10.6 Å². The van der Waals surface area contributed by atoms with Gasteiger partial charge in [0.05, 0.1) is 11.4 Å². The number of imidazole rings is 1. The van der Waals surface area contributed by atoms with E-state index in [1.54, 1.807) is 12.1 Å². The summed E-state index contributed by atoms with van der Waals surface area (Å²) in [6, 6.07) is 17.2. The van der Waals surface area contributed by atoms with Crippen molar-refractivity contribution in [1.29, 1.82) is 0 Å². The SMILES string of the molecule is Cc1cccn2cc(-c3ccccc3NC(=O)NCc3ccc(F)cc3)nc12. The van der Waals surface area contributed by atoms with E-state index < -0.39 is 0 Å². The molecule has 0 fully saturated rings. The first-order chi connectivity index (χ1) is 13.6. The first-order valence-electron chi connectivity index (χ1n) is 8.93. The number of anilines is 1. The largest absolute Gasteiger partial charge is 0.334 e. The third-order valence-corrected chi connectivity index (χ3v) is 4.50. The van der Waals surface area contributed by atoms with E-state index in [1.807, 2.05) is 60.1 Å². The Labute approximate surface area is 161 Å². The van der Waals surface area contributed by atoms with Gasteiger partial charge in [0.2, 0.25) is 0 Å². The molecule has 0 aliphatic carbocycles. The molecular formula is C22H19FN4O. The number of aromatic nitrogens is 2. The molecule has 0 atom stereocenters. The van der Waals surface area contributed by atoms with Crippen molar-refractivity contribution in [1.82, 2.24) is 14.7 Å². The summed E-state index contributed by atoms with van der Waals surface area (Å²) in [6.07, 6.45) is 3.89. The van der Waals surface area contributed by atoms with E-state index in [-0.39, 0.29) is 11.8 Å². The number of pyridine rings is 1. The number of halogens is 1. The maximum atomic E-state index is 13.0. The lowest BCUT2D eigenvalue weighted by molar-refractivity contribution is 0.252. The number of nitrogens with one attached hydrogen (secondary N) is 2. The molecule has 0 spiro atoms. The molecule has 2 amide bonds. The van der Waals surface area contributed by atoms with E-state index in [0.717, 1.165) is 28.0 Å². The van der Waals surface area contributed by atoms with Gasteiger partial charge in [0.15, 0.2) is 0 Å². The van der Waals surface area contributed by atoms with E-state index in [0.29, 0.717) is 12.2 Å². The number of urea groups is 1. The fraction of sp³-hybridized carbons (Fsp3) is 0.0909. The van der Waals surface area contributed by atoms with Crippen LogP contribution in [-0.4, -0.2) is 15.4 Å². The molecule has 140 valence electrons. The maximum absolute atomic E-state index is 13.0. The normalized spacial score (nSPS) is 10.8. The Bertz CT molecular complexity index is 1130. The second-order valence-electron chi connectivity index (χ2n) is 6.53. The van der Waals surface area contributed by atoms with Crippen molar-refractivity contribution in [3.05, 3.63) is 90.0 Å². The molecule has 0 unspecified atom stereocenters. The summed E-state index contributed by atoms with van der Waals surface area (Å²) < 4.78 is 14.9. The summed E-state index contributed by atoms with van der Waals surface area (Å²) in [4.78, 5) is 17.0. The highest BCUT2D eigenvalue weighted by molar-refractivity contribution is 5.94. The highest BCUT2D eigenvalue weighted by Gasteiger charge is 2.12. The minimum Gasteiger partial charge on any atom is -0.334 e. The van der Waals surface area contributed by atoms with Crippen molar-refractivity contribution < 1.29 is 9.18 Å². The maximum Gasteiger partial charge on any atom is 0.319 e. The van der Waals surface area contributed by atoms with Crippen molar-refractivity contribution in [2.45, 2.75) is 13.5 Å². The first-order valence-corrected chi connectivity index (χ1v) is 8.93. The fourth-order valence-corrected chi connectivity index (χ4v) is 3.05. The zero-order valence-electron chi connectivity index (χ0n) is 15.3. The van der Waals surface area contributed by atoms with Crippen molar-refractivity contribution in [3.8, 4) is 11.3 Å². The van der Waals surface area contributed by atoms with Gasteiger partial charge in [-0.25, -0.2) is 14.2 Å². The topological polar surface area (TPSA) is 58.4 Å². The highest BCUT2D eigenvalue weighted by atomic mass is 19.1. The standard InChI is InChI=1S/C22H19FN4O/c1-15-5-4-12-27-14-20(25-21(15)27)18-6-2-3-7-19(18)26-22(28)24-13-16-8-10-17(23)11-9-16/h2-12,14H,13H2,1H3,(H2,24,26,28). The monoisotopic (exact) mass is 374 g/mol. The Balaban J connectivity index is 1.53. The predicted molar refractivity (Wildman–Crippen MR) is 108 cm³/mol. The molecule has 2 aromatic heterocycles. The molecule has 0 bridgehead atoms. The zero-order valence-corrected chi connectivity index (χ0v) is 15.3. The van der Waals surface area contributed by atoms with Crippen LogP contribution in [0.4, 0.5) is 14.9 Å². The molecule has 4 rings (SSSR count). The van der Waals surface area contributed by atoms with Gasteiger partial charge in [-0.15, -0.1) is 0 Å². The van der Waals surface area contributed by atoms with E-state index in [1.165, 1.54) is 12.1 Å². The summed E-state index contributed by atoms with van der Waals surface area (Å²) in [7, 11) is 0. The van der Waals surface area contributed by atoms with Crippen LogP contribution in [0.5, 0.6) is 0 Å². The van der Waals surface area contributed by atoms with Gasteiger partial charge in [-0.3, -0.25) is 0 Å². The van der Waals surface area contributed by atoms with Crippen molar-refractivity contribution in [2.75, 3.05) is 5.32 Å². The predicted octanol–water partition coefficient (Wildman–Crippen LogP) is 4.77. The van der Waals surface area contributed by atoms with Crippen molar-refractivity contribution in [3.63, 3.8) is 0 Å². The Morgan fingerprint density at radius 1 is 1.07 bits per heavy atom. The molecule has 0 saturated heterocycles. The minimum atomic E-state index is -0.336. The van der Waals surface area contributed by atoms with E-state index in [9.17, 15) is 9.18 Å². The second kappa shape index (κ2) is 7.52. The zero-order chi connectivity index (χ0) is 19.5. The van der Waals surface area contributed by atoms with Gasteiger partial charge in [0.25, 0.3) is 0 Å². The minimum absolute atomic E-state index is 0.301. The molecule has 2 heterocycles. The van der Waals surface area contributed by atoms with Crippen LogP contribution in [0.1, 0.15) is 11.1 Å². The smallest absolute Gasteiger partial charge is 0.319 e. The summed E-state index contributed by atoms with van der Waals surface area (Å²) >= 11 is 0. The molecule has 6 heteroatoms. The van der Waals surface area contributed by atoms with Gasteiger partial charge in [-0.1, -0.05) is 36.4 Å². The summed E-state index contributed by atoms with van der Waals surface area (Å²) in [5.41, 5.74) is 5.07. The third-order valence-electron chi connectivity index (χ3n) is 4.50. The molecule has 28 heavy (non-hydrogen) atoms. The van der Waals surface area contributed by atoms with Gasteiger partial charge < -0.3 is 15.0 Å². The van der Waals surface area contributed by atoms with Gasteiger partial charge in [-0.05, 0) is 42.3 Å². The molecule has 0 radical (unpaired) electrons. The molecule has 4 aromatic rings. The second-order valence-corrected chi connectivity index (χ2v) is 6.53. The summed E-state index contributed by atoms with van der Waals surface area (Å²) in [6.45, 7) is 2.32. The number of para-hydroxylation sites is 1. The van der Waals surface area contributed by atoms with Crippen LogP contribution in [0.25, 0.3) is 16.9 Å². The number of aryl methyl sites for hydroxylation is 1. The lowest BCUT2D eigenvalue weighted by atomic mass is 10.1. The van der Waals surface area contributed by atoms with Crippen LogP contribution in [0.3, 0.4) is 0 Å². The quantitative estimate of drug-likeness (QED) is 0.541. The first kappa shape index (κ1) is 17.7. The Kier molecular flexibility index (Phi) is 4.76. The number of hydrogen-bond acceptors (Lipinski definition) is 2. The highest BCUT2D eigenvalue weighted by Crippen LogP contribution is 2.28. The average Bonchev–Trinajstić information content (AvgIpc) is 3.13. The molecular weight excluding hydrogens is 355 g/mol. The van der Waals surface area contributed by atoms with E-state index in [4.69, 9.17) is 4.98 Å². The van der Waals surface area contributed by atoms with Crippen molar-refractivity contribution in [2.24, 2.45) is 0 Å². The molecule has 0 aliphatic rings. The summed E-state index contributed by atoms with van der Waals surface area (Å²) in [5, 5.41) is 5.66. The molecule has 2 aromatic carbocycles. The molecule has 2 N–H and O–H groups in total. The van der Waals surface area contributed by atoms with Crippen LogP contribution < -0.4 is 10.6 Å².